The maximum Gasteiger partial charge on any atom is 0.264 e. The number of likely N-dealkylation sites (tertiary alicyclic amines) is 1. The first-order valence-electron chi connectivity index (χ1n) is 12.9. The molecule has 3 amide bonds. The minimum Gasteiger partial charge on any atom is -0.383 e. The number of amides is 3. The van der Waals surface area contributed by atoms with Crippen LogP contribution in [0.3, 0.4) is 0 Å². The van der Waals surface area contributed by atoms with Gasteiger partial charge in [-0.25, -0.2) is 4.39 Å². The van der Waals surface area contributed by atoms with Gasteiger partial charge in [-0.2, -0.15) is 5.26 Å². The molecule has 0 spiro atoms. The Morgan fingerprint density at radius 3 is 2.41 bits per heavy atom. The third kappa shape index (κ3) is 7.16. The fourth-order valence-corrected chi connectivity index (χ4v) is 5.66. The molecule has 11 heteroatoms. The standard InChI is InChI=1S/C28H31FN6O3S/c1-2-35-27(38)24(39-28(35)23(15-30)26(37)32-16-19-5-9-21(29)10-6-19)17-31-22-11-7-20(8-12-22)25(36)33-18-34-13-3-4-14-34/h5-12,24,31H,2-4,13-14,16-18H2,1H3,(H,32,37)(H,33,36)/b28-23-/t24-/m1/s1. The molecule has 4 rings (SSSR count). The van der Waals surface area contributed by atoms with Gasteiger partial charge in [0.2, 0.25) is 5.91 Å². The van der Waals surface area contributed by atoms with Gasteiger partial charge in [-0.05, 0) is 74.8 Å². The number of nitriles is 1. The van der Waals surface area contributed by atoms with Gasteiger partial charge in [0.25, 0.3) is 11.8 Å². The SMILES string of the molecule is CCN1C(=O)[C@@H](CNc2ccc(C(=O)NCN3CCCC3)cc2)S/C1=C(/C#N)C(=O)NCc1ccc(F)cc1. The first kappa shape index (κ1) is 28.1. The maximum atomic E-state index is 13.1. The first-order chi connectivity index (χ1) is 18.9. The van der Waals surface area contributed by atoms with Crippen molar-refractivity contribution in [1.82, 2.24) is 20.4 Å². The second kappa shape index (κ2) is 13.3. The van der Waals surface area contributed by atoms with Crippen molar-refractivity contribution in [2.75, 3.05) is 38.2 Å². The molecule has 1 atom stereocenters. The number of rotatable bonds is 10. The van der Waals surface area contributed by atoms with Gasteiger partial charge in [-0.15, -0.1) is 0 Å². The zero-order valence-corrected chi connectivity index (χ0v) is 22.5. The van der Waals surface area contributed by atoms with Crippen LogP contribution in [0.5, 0.6) is 0 Å². The number of benzene rings is 2. The smallest absolute Gasteiger partial charge is 0.264 e. The fourth-order valence-electron chi connectivity index (χ4n) is 4.39. The number of halogens is 1. The Bertz CT molecular complexity index is 1270. The van der Waals surface area contributed by atoms with Crippen molar-refractivity contribution in [3.63, 3.8) is 0 Å². The monoisotopic (exact) mass is 550 g/mol. The van der Waals surface area contributed by atoms with Crippen LogP contribution in [0.4, 0.5) is 10.1 Å². The van der Waals surface area contributed by atoms with Crippen molar-refractivity contribution < 1.29 is 18.8 Å². The number of thioether (sulfide) groups is 1. The van der Waals surface area contributed by atoms with Crippen LogP contribution in [0.15, 0.2) is 59.1 Å². The molecule has 0 unspecified atom stereocenters. The van der Waals surface area contributed by atoms with Crippen molar-refractivity contribution in [3.05, 3.63) is 76.1 Å². The molecule has 2 heterocycles. The van der Waals surface area contributed by atoms with E-state index in [1.165, 1.54) is 28.8 Å². The lowest BCUT2D eigenvalue weighted by molar-refractivity contribution is -0.127. The van der Waals surface area contributed by atoms with E-state index in [0.717, 1.165) is 31.6 Å². The third-order valence-corrected chi connectivity index (χ3v) is 7.88. The average Bonchev–Trinajstić information content (AvgIpc) is 3.58. The van der Waals surface area contributed by atoms with Crippen molar-refractivity contribution in [2.45, 2.75) is 31.6 Å². The minimum atomic E-state index is -0.595. The van der Waals surface area contributed by atoms with Crippen molar-refractivity contribution in [3.8, 4) is 6.07 Å². The summed E-state index contributed by atoms with van der Waals surface area (Å²) in [6.45, 7) is 5.05. The molecule has 0 aromatic heterocycles. The fraction of sp³-hybridized carbons (Fsp3) is 0.357. The van der Waals surface area contributed by atoms with E-state index in [2.05, 4.69) is 20.9 Å². The minimum absolute atomic E-state index is 0.125. The van der Waals surface area contributed by atoms with Crippen LogP contribution in [0.2, 0.25) is 0 Å². The highest BCUT2D eigenvalue weighted by molar-refractivity contribution is 8.04. The normalized spacial score (nSPS) is 18.5. The molecule has 2 aliphatic rings. The number of hydrogen-bond acceptors (Lipinski definition) is 7. The van der Waals surface area contributed by atoms with Crippen LogP contribution in [-0.2, 0) is 16.1 Å². The lowest BCUT2D eigenvalue weighted by Gasteiger charge is -2.16. The first-order valence-corrected chi connectivity index (χ1v) is 13.8. The quantitative estimate of drug-likeness (QED) is 0.308. The van der Waals surface area contributed by atoms with Gasteiger partial charge in [0.05, 0.1) is 6.67 Å². The van der Waals surface area contributed by atoms with E-state index in [9.17, 15) is 24.0 Å². The molecule has 0 saturated carbocycles. The summed E-state index contributed by atoms with van der Waals surface area (Å²) >= 11 is 1.17. The van der Waals surface area contributed by atoms with E-state index in [1.54, 1.807) is 43.3 Å². The van der Waals surface area contributed by atoms with Gasteiger partial charge in [0.1, 0.15) is 27.7 Å². The Morgan fingerprint density at radius 2 is 1.77 bits per heavy atom. The van der Waals surface area contributed by atoms with E-state index in [1.807, 2.05) is 6.07 Å². The van der Waals surface area contributed by atoms with Crippen LogP contribution >= 0.6 is 11.8 Å². The molecule has 2 aromatic rings. The predicted molar refractivity (Wildman–Crippen MR) is 148 cm³/mol. The highest BCUT2D eigenvalue weighted by Gasteiger charge is 2.38. The highest BCUT2D eigenvalue weighted by Crippen LogP contribution is 2.37. The molecule has 204 valence electrons. The van der Waals surface area contributed by atoms with E-state index in [0.29, 0.717) is 29.4 Å². The van der Waals surface area contributed by atoms with Gasteiger partial charge in [-0.3, -0.25) is 19.3 Å². The Morgan fingerprint density at radius 1 is 1.08 bits per heavy atom. The van der Waals surface area contributed by atoms with Crippen molar-refractivity contribution >= 4 is 35.2 Å². The topological polar surface area (TPSA) is 118 Å². The Hall–Kier alpha value is -3.88. The molecule has 2 fully saturated rings. The molecule has 9 nitrogen and oxygen atoms in total. The van der Waals surface area contributed by atoms with E-state index in [4.69, 9.17) is 0 Å². The van der Waals surface area contributed by atoms with E-state index >= 15 is 0 Å². The number of nitrogens with one attached hydrogen (secondary N) is 3. The lowest BCUT2D eigenvalue weighted by Crippen LogP contribution is -2.35. The summed E-state index contributed by atoms with van der Waals surface area (Å²) in [5.41, 5.74) is 1.85. The van der Waals surface area contributed by atoms with Gasteiger partial charge >= 0.3 is 0 Å². The Kier molecular flexibility index (Phi) is 9.57. The molecule has 0 radical (unpaired) electrons. The lowest BCUT2D eigenvalue weighted by atomic mass is 10.2. The molecular weight excluding hydrogens is 519 g/mol. The highest BCUT2D eigenvalue weighted by atomic mass is 32.2. The van der Waals surface area contributed by atoms with Crippen LogP contribution in [0, 0.1) is 17.1 Å². The largest absolute Gasteiger partial charge is 0.383 e. The summed E-state index contributed by atoms with van der Waals surface area (Å²) < 4.78 is 13.1. The zero-order valence-electron chi connectivity index (χ0n) is 21.7. The Labute approximate surface area is 231 Å². The number of hydrogen-bond donors (Lipinski definition) is 3. The molecule has 2 saturated heterocycles. The van der Waals surface area contributed by atoms with Gasteiger partial charge in [-0.1, -0.05) is 23.9 Å². The number of carbonyl (C=O) groups excluding carboxylic acids is 3. The summed E-state index contributed by atoms with van der Waals surface area (Å²) in [6, 6.07) is 14.7. The molecule has 0 aliphatic carbocycles. The van der Waals surface area contributed by atoms with Crippen molar-refractivity contribution in [1.29, 1.82) is 5.26 Å². The van der Waals surface area contributed by atoms with E-state index < -0.39 is 11.2 Å². The van der Waals surface area contributed by atoms with Crippen LogP contribution < -0.4 is 16.0 Å². The van der Waals surface area contributed by atoms with Crippen molar-refractivity contribution in [2.24, 2.45) is 0 Å². The molecule has 39 heavy (non-hydrogen) atoms. The second-order valence-corrected chi connectivity index (χ2v) is 10.4. The van der Waals surface area contributed by atoms with Gasteiger partial charge < -0.3 is 20.9 Å². The summed E-state index contributed by atoms with van der Waals surface area (Å²) in [4.78, 5) is 41.9. The van der Waals surface area contributed by atoms with Crippen LogP contribution in [0.25, 0.3) is 0 Å². The molecule has 2 aromatic carbocycles. The summed E-state index contributed by atoms with van der Waals surface area (Å²) in [5, 5.41) is 18.4. The predicted octanol–water partition coefficient (Wildman–Crippen LogP) is 3.04. The maximum absolute atomic E-state index is 13.1. The van der Waals surface area contributed by atoms with E-state index in [-0.39, 0.29) is 36.3 Å². The number of nitrogens with zero attached hydrogens (tertiary/aromatic N) is 3. The Balaban J connectivity index is 1.34. The zero-order chi connectivity index (χ0) is 27.8. The second-order valence-electron chi connectivity index (χ2n) is 9.24. The van der Waals surface area contributed by atoms with Crippen LogP contribution in [-0.4, -0.2) is 65.6 Å². The molecule has 2 aliphatic heterocycles. The number of carbonyl (C=O) groups is 3. The third-order valence-electron chi connectivity index (χ3n) is 6.58. The van der Waals surface area contributed by atoms with Crippen LogP contribution in [0.1, 0.15) is 35.7 Å². The summed E-state index contributed by atoms with van der Waals surface area (Å²) in [6.07, 6.45) is 2.32. The van der Waals surface area contributed by atoms with Gasteiger partial charge in [0.15, 0.2) is 0 Å². The average molecular weight is 551 g/mol. The molecular formula is C28H31FN6O3S. The molecule has 3 N–H and O–H groups in total. The molecule has 0 bridgehead atoms. The number of anilines is 1. The van der Waals surface area contributed by atoms with Gasteiger partial charge in [0, 0.05) is 30.9 Å². The summed E-state index contributed by atoms with van der Waals surface area (Å²) in [7, 11) is 0. The summed E-state index contributed by atoms with van der Waals surface area (Å²) in [5.74, 6) is -1.30.